The van der Waals surface area contributed by atoms with Crippen LogP contribution in [0.3, 0.4) is 0 Å². The summed E-state index contributed by atoms with van der Waals surface area (Å²) < 4.78 is 0. The molecule has 0 saturated heterocycles. The van der Waals surface area contributed by atoms with Gasteiger partial charge < -0.3 is 20.4 Å². The van der Waals surface area contributed by atoms with Crippen molar-refractivity contribution >= 4 is 29.1 Å². The molecule has 0 fully saturated rings. The maximum Gasteiger partial charge on any atom is 0.134 e. The predicted octanol–water partition coefficient (Wildman–Crippen LogP) is 1.18. The Morgan fingerprint density at radius 1 is 0.611 bits per heavy atom. The van der Waals surface area contributed by atoms with Gasteiger partial charge in [-0.3, -0.25) is 0 Å². The lowest BCUT2D eigenvalue weighted by Gasteiger charge is -2.13. The fraction of sp³-hybridized carbons (Fsp3) is 0. The number of aromatic hydroxyl groups is 4. The van der Waals surface area contributed by atoms with Gasteiger partial charge in [0.1, 0.15) is 23.0 Å². The van der Waals surface area contributed by atoms with Gasteiger partial charge in [0.05, 0.1) is 11.1 Å². The van der Waals surface area contributed by atoms with Crippen molar-refractivity contribution in [3.05, 3.63) is 24.3 Å². The summed E-state index contributed by atoms with van der Waals surface area (Å²) in [5.74, 6) is -0.859. The average molecular weight is 282 g/mol. The third-order valence-electron chi connectivity index (χ3n) is 2.62. The van der Waals surface area contributed by atoms with Gasteiger partial charge in [-0.15, -0.1) is 18.5 Å². The highest BCUT2D eigenvalue weighted by Crippen LogP contribution is 2.45. The first-order chi connectivity index (χ1) is 8.43. The van der Waals surface area contributed by atoms with Crippen LogP contribution in [-0.2, 0) is 0 Å². The number of phenolic OH excluding ortho intramolecular Hbond substituents is 4. The molecule has 2 rings (SSSR count). The van der Waals surface area contributed by atoms with Crippen molar-refractivity contribution in [2.45, 2.75) is 0 Å². The summed E-state index contributed by atoms with van der Waals surface area (Å²) in [6, 6.07) is 5.78. The van der Waals surface area contributed by atoms with Crippen LogP contribution in [0.4, 0.5) is 0 Å². The summed E-state index contributed by atoms with van der Waals surface area (Å²) in [6.45, 7) is 0. The molecular formula is C12H12O4P2. The Balaban J connectivity index is 2.85. The second-order valence-corrected chi connectivity index (χ2v) is 5.04. The summed E-state index contributed by atoms with van der Waals surface area (Å²) in [7, 11) is 4.62. The fourth-order valence-electron chi connectivity index (χ4n) is 1.69. The minimum Gasteiger partial charge on any atom is -0.507 e. The van der Waals surface area contributed by atoms with Gasteiger partial charge in [0.2, 0.25) is 0 Å². The number of hydrogen-bond donors (Lipinski definition) is 4. The zero-order valence-electron chi connectivity index (χ0n) is 9.25. The lowest BCUT2D eigenvalue weighted by atomic mass is 10.0. The molecule has 0 aliphatic carbocycles. The molecule has 0 aliphatic rings. The van der Waals surface area contributed by atoms with Crippen molar-refractivity contribution in [2.24, 2.45) is 0 Å². The van der Waals surface area contributed by atoms with Crippen LogP contribution < -0.4 is 10.6 Å². The molecule has 18 heavy (non-hydrogen) atoms. The van der Waals surface area contributed by atoms with E-state index in [1.54, 1.807) is 0 Å². The van der Waals surface area contributed by atoms with Crippen molar-refractivity contribution in [2.75, 3.05) is 0 Å². The zero-order valence-corrected chi connectivity index (χ0v) is 11.6. The molecule has 6 heteroatoms. The summed E-state index contributed by atoms with van der Waals surface area (Å²) >= 11 is 0. The Bertz CT molecular complexity index is 570. The van der Waals surface area contributed by atoms with Crippen LogP contribution in [0.15, 0.2) is 24.3 Å². The smallest absolute Gasteiger partial charge is 0.134 e. The number of benzene rings is 2. The van der Waals surface area contributed by atoms with E-state index >= 15 is 0 Å². The second-order valence-electron chi connectivity index (χ2n) is 3.80. The Labute approximate surface area is 108 Å². The van der Waals surface area contributed by atoms with Crippen molar-refractivity contribution in [3.63, 3.8) is 0 Å². The quantitative estimate of drug-likeness (QED) is 0.592. The molecule has 0 spiro atoms. The normalized spacial score (nSPS) is 10.6. The van der Waals surface area contributed by atoms with Crippen LogP contribution in [0.5, 0.6) is 23.0 Å². The molecule has 0 saturated carbocycles. The number of phenols is 4. The van der Waals surface area contributed by atoms with Gasteiger partial charge in [0.25, 0.3) is 0 Å². The summed E-state index contributed by atoms with van der Waals surface area (Å²) in [5, 5.41) is 40.5. The minimum absolute atomic E-state index is 0.00167. The molecule has 0 heterocycles. The van der Waals surface area contributed by atoms with Crippen LogP contribution in [0.25, 0.3) is 11.1 Å². The third kappa shape index (κ3) is 1.98. The highest BCUT2D eigenvalue weighted by Gasteiger charge is 2.20. The molecule has 0 amide bonds. The van der Waals surface area contributed by atoms with Crippen LogP contribution in [0, 0.1) is 0 Å². The molecule has 4 N–H and O–H groups in total. The molecule has 0 aliphatic heterocycles. The van der Waals surface area contributed by atoms with Crippen molar-refractivity contribution in [3.8, 4) is 34.1 Å². The van der Waals surface area contributed by atoms with Crippen LogP contribution in [0.1, 0.15) is 0 Å². The first kappa shape index (κ1) is 12.9. The molecular weight excluding hydrogens is 270 g/mol. The Morgan fingerprint density at radius 3 is 1.28 bits per heavy atom. The Kier molecular flexibility index (Phi) is 3.34. The minimum atomic E-state index is -0.222. The van der Waals surface area contributed by atoms with E-state index in [0.29, 0.717) is 10.6 Å². The van der Waals surface area contributed by atoms with E-state index in [9.17, 15) is 20.4 Å². The van der Waals surface area contributed by atoms with E-state index in [1.165, 1.54) is 24.3 Å². The van der Waals surface area contributed by atoms with Gasteiger partial charge in [-0.05, 0) is 24.3 Å². The van der Waals surface area contributed by atoms with Crippen molar-refractivity contribution in [1.82, 2.24) is 0 Å². The fourth-order valence-corrected chi connectivity index (χ4v) is 2.17. The van der Waals surface area contributed by atoms with Gasteiger partial charge in [0, 0.05) is 10.6 Å². The average Bonchev–Trinajstić information content (AvgIpc) is 2.33. The molecule has 2 aromatic carbocycles. The summed E-state index contributed by atoms with van der Waals surface area (Å²) in [6.07, 6.45) is 0. The van der Waals surface area contributed by atoms with E-state index in [2.05, 4.69) is 18.5 Å². The number of rotatable bonds is 1. The largest absolute Gasteiger partial charge is 0.507 e. The van der Waals surface area contributed by atoms with Gasteiger partial charge >= 0.3 is 0 Å². The van der Waals surface area contributed by atoms with Gasteiger partial charge in [0.15, 0.2) is 0 Å². The van der Waals surface area contributed by atoms with E-state index in [-0.39, 0.29) is 34.1 Å². The lowest BCUT2D eigenvalue weighted by molar-refractivity contribution is 0.442. The van der Waals surface area contributed by atoms with Crippen molar-refractivity contribution < 1.29 is 20.4 Å². The predicted molar refractivity (Wildman–Crippen MR) is 77.2 cm³/mol. The van der Waals surface area contributed by atoms with Crippen LogP contribution >= 0.6 is 18.5 Å². The Morgan fingerprint density at radius 2 is 0.944 bits per heavy atom. The Hall–Kier alpha value is -1.50. The molecule has 0 bridgehead atoms. The summed E-state index contributed by atoms with van der Waals surface area (Å²) in [4.78, 5) is 0. The van der Waals surface area contributed by atoms with Gasteiger partial charge in [-0.1, -0.05) is 0 Å². The molecule has 2 unspecified atom stereocenters. The SMILES string of the molecule is Oc1ccc(P)c(O)c1-c1c(O)ccc(P)c1O. The first-order valence-electron chi connectivity index (χ1n) is 5.04. The highest BCUT2D eigenvalue weighted by molar-refractivity contribution is 7.28. The third-order valence-corrected chi connectivity index (χ3v) is 3.56. The molecule has 0 radical (unpaired) electrons. The summed E-state index contributed by atoms with van der Waals surface area (Å²) in [5.41, 5.74) is 0.00333. The molecule has 94 valence electrons. The highest BCUT2D eigenvalue weighted by atomic mass is 31.0. The van der Waals surface area contributed by atoms with E-state index in [4.69, 9.17) is 0 Å². The van der Waals surface area contributed by atoms with E-state index in [0.717, 1.165) is 0 Å². The van der Waals surface area contributed by atoms with E-state index in [1.807, 2.05) is 0 Å². The molecule has 2 atom stereocenters. The standard InChI is InChI=1S/C12H12O4P2/c13-5-1-3-7(17)11(15)9(5)10-6(14)2-4-8(18)12(10)16/h1-4,13-16H,17-18H2. The maximum absolute atomic E-state index is 9.96. The molecule has 4 nitrogen and oxygen atoms in total. The maximum atomic E-state index is 9.96. The van der Waals surface area contributed by atoms with Crippen molar-refractivity contribution in [1.29, 1.82) is 0 Å². The van der Waals surface area contributed by atoms with Crippen LogP contribution in [-0.4, -0.2) is 20.4 Å². The zero-order chi connectivity index (χ0) is 13.4. The van der Waals surface area contributed by atoms with Gasteiger partial charge in [-0.2, -0.15) is 0 Å². The molecule has 2 aromatic rings. The van der Waals surface area contributed by atoms with E-state index < -0.39 is 0 Å². The number of hydrogen-bond acceptors (Lipinski definition) is 4. The molecule has 0 aromatic heterocycles. The van der Waals surface area contributed by atoms with Gasteiger partial charge in [-0.25, -0.2) is 0 Å². The first-order valence-corrected chi connectivity index (χ1v) is 6.20. The topological polar surface area (TPSA) is 80.9 Å². The second kappa shape index (κ2) is 4.64. The lowest BCUT2D eigenvalue weighted by Crippen LogP contribution is -1.98. The monoisotopic (exact) mass is 282 g/mol. The van der Waals surface area contributed by atoms with Crippen LogP contribution in [0.2, 0.25) is 0 Å².